The Labute approximate surface area is 131 Å². The summed E-state index contributed by atoms with van der Waals surface area (Å²) in [6, 6.07) is 5.55. The molecule has 0 aliphatic heterocycles. The Morgan fingerprint density at radius 3 is 2.64 bits per heavy atom. The summed E-state index contributed by atoms with van der Waals surface area (Å²) in [7, 11) is 1.58. The first kappa shape index (κ1) is 16.3. The summed E-state index contributed by atoms with van der Waals surface area (Å²) >= 11 is 0. The highest BCUT2D eigenvalue weighted by molar-refractivity contribution is 6.11. The van der Waals surface area contributed by atoms with Gasteiger partial charge in [0, 0.05) is 5.56 Å². The van der Waals surface area contributed by atoms with Crippen LogP contribution in [0.2, 0.25) is 0 Å². The van der Waals surface area contributed by atoms with Gasteiger partial charge in [0.05, 0.1) is 13.5 Å². The normalized spacial score (nSPS) is 16.4. The molecule has 0 saturated heterocycles. The molecule has 0 amide bonds. The van der Waals surface area contributed by atoms with Crippen LogP contribution in [0.25, 0.3) is 0 Å². The molecule has 0 N–H and O–H groups in total. The zero-order valence-corrected chi connectivity index (χ0v) is 13.6. The van der Waals surface area contributed by atoms with Gasteiger partial charge in [-0.05, 0) is 56.9 Å². The van der Waals surface area contributed by atoms with Gasteiger partial charge in [-0.3, -0.25) is 9.59 Å². The summed E-state index contributed by atoms with van der Waals surface area (Å²) < 4.78 is 10.4. The van der Waals surface area contributed by atoms with Gasteiger partial charge in [-0.2, -0.15) is 0 Å². The van der Waals surface area contributed by atoms with Crippen molar-refractivity contribution in [1.29, 1.82) is 0 Å². The molecule has 0 atom stereocenters. The molecule has 4 heteroatoms. The molecule has 1 aliphatic carbocycles. The van der Waals surface area contributed by atoms with E-state index in [1.54, 1.807) is 19.3 Å². The molecule has 0 spiro atoms. The Bertz CT molecular complexity index is 620. The van der Waals surface area contributed by atoms with Gasteiger partial charge in [0.1, 0.15) is 11.4 Å². The SMILES string of the molecule is COc1ccc2c(c1)C(=O)C(=CCC(=O)OC(C)(C)C)CC2. The Kier molecular flexibility index (Phi) is 4.69. The summed E-state index contributed by atoms with van der Waals surface area (Å²) in [5, 5.41) is 0. The maximum absolute atomic E-state index is 12.5. The summed E-state index contributed by atoms with van der Waals surface area (Å²) in [6.07, 6.45) is 3.27. The van der Waals surface area contributed by atoms with Crippen molar-refractivity contribution in [3.05, 3.63) is 41.0 Å². The van der Waals surface area contributed by atoms with Crippen LogP contribution in [0.5, 0.6) is 5.75 Å². The van der Waals surface area contributed by atoms with Crippen LogP contribution >= 0.6 is 0 Å². The van der Waals surface area contributed by atoms with Gasteiger partial charge in [0.2, 0.25) is 0 Å². The number of carbonyl (C=O) groups excluding carboxylic acids is 2. The molecular formula is C18H22O4. The van der Waals surface area contributed by atoms with Crippen molar-refractivity contribution in [2.75, 3.05) is 7.11 Å². The molecule has 1 aromatic carbocycles. The largest absolute Gasteiger partial charge is 0.497 e. The first-order valence-corrected chi connectivity index (χ1v) is 7.42. The highest BCUT2D eigenvalue weighted by Crippen LogP contribution is 2.28. The van der Waals surface area contributed by atoms with E-state index in [1.807, 2.05) is 32.9 Å². The van der Waals surface area contributed by atoms with Crippen LogP contribution in [0.1, 0.15) is 49.5 Å². The number of ketones is 1. The lowest BCUT2D eigenvalue weighted by Crippen LogP contribution is -2.23. The number of allylic oxidation sites excluding steroid dienone is 1. The number of aryl methyl sites for hydroxylation is 1. The maximum Gasteiger partial charge on any atom is 0.310 e. The van der Waals surface area contributed by atoms with Gasteiger partial charge >= 0.3 is 5.97 Å². The van der Waals surface area contributed by atoms with E-state index in [9.17, 15) is 9.59 Å². The van der Waals surface area contributed by atoms with Crippen LogP contribution in [-0.2, 0) is 16.0 Å². The number of benzene rings is 1. The molecule has 0 heterocycles. The molecule has 0 radical (unpaired) electrons. The Morgan fingerprint density at radius 2 is 2.00 bits per heavy atom. The third-order valence-electron chi connectivity index (χ3n) is 3.45. The minimum absolute atomic E-state index is 0.0243. The lowest BCUT2D eigenvalue weighted by molar-refractivity contribution is -0.153. The Hall–Kier alpha value is -2.10. The van der Waals surface area contributed by atoms with E-state index < -0.39 is 5.60 Å². The third-order valence-corrected chi connectivity index (χ3v) is 3.45. The molecule has 118 valence electrons. The van der Waals surface area contributed by atoms with Gasteiger partial charge in [-0.15, -0.1) is 0 Å². The first-order valence-electron chi connectivity index (χ1n) is 7.42. The predicted molar refractivity (Wildman–Crippen MR) is 84.2 cm³/mol. The van der Waals surface area contributed by atoms with Crippen molar-refractivity contribution in [2.24, 2.45) is 0 Å². The minimum Gasteiger partial charge on any atom is -0.497 e. The quantitative estimate of drug-likeness (QED) is 0.633. The molecule has 2 rings (SSSR count). The van der Waals surface area contributed by atoms with E-state index in [1.165, 1.54) is 0 Å². The highest BCUT2D eigenvalue weighted by atomic mass is 16.6. The highest BCUT2D eigenvalue weighted by Gasteiger charge is 2.23. The van der Waals surface area contributed by atoms with Crippen LogP contribution in [-0.4, -0.2) is 24.5 Å². The van der Waals surface area contributed by atoms with Crippen molar-refractivity contribution in [3.8, 4) is 5.75 Å². The smallest absolute Gasteiger partial charge is 0.310 e. The standard InChI is InChI=1S/C18H22O4/c1-18(2,3)22-16(19)10-8-13-6-5-12-7-9-14(21-4)11-15(12)17(13)20/h7-9,11H,5-6,10H2,1-4H3. The number of esters is 1. The van der Waals surface area contributed by atoms with Crippen LogP contribution in [0, 0.1) is 0 Å². The summed E-state index contributed by atoms with van der Waals surface area (Å²) in [5.74, 6) is 0.327. The van der Waals surface area contributed by atoms with Gasteiger partial charge < -0.3 is 9.47 Å². The third kappa shape index (κ3) is 3.97. The molecule has 1 aliphatic rings. The minimum atomic E-state index is -0.508. The van der Waals surface area contributed by atoms with Gasteiger partial charge in [-0.1, -0.05) is 12.1 Å². The molecule has 1 aromatic rings. The molecule has 4 nitrogen and oxygen atoms in total. The fraction of sp³-hybridized carbons (Fsp3) is 0.444. The summed E-state index contributed by atoms with van der Waals surface area (Å²) in [5.41, 5.74) is 1.86. The predicted octanol–water partition coefficient (Wildman–Crippen LogP) is 3.48. The average Bonchev–Trinajstić information content (AvgIpc) is 2.44. The number of rotatable bonds is 3. The molecule has 0 bridgehead atoms. The number of ether oxygens (including phenoxy) is 2. The first-order chi connectivity index (χ1) is 10.3. The number of Topliss-reactive ketones (excluding diaryl/α,β-unsaturated/α-hetero) is 1. The Morgan fingerprint density at radius 1 is 1.27 bits per heavy atom. The van der Waals surface area contributed by atoms with Crippen molar-refractivity contribution in [3.63, 3.8) is 0 Å². The van der Waals surface area contributed by atoms with E-state index >= 15 is 0 Å². The van der Waals surface area contributed by atoms with E-state index in [0.29, 0.717) is 23.3 Å². The van der Waals surface area contributed by atoms with E-state index in [0.717, 1.165) is 12.0 Å². The van der Waals surface area contributed by atoms with Crippen molar-refractivity contribution in [1.82, 2.24) is 0 Å². The van der Waals surface area contributed by atoms with Gasteiger partial charge in [0.25, 0.3) is 0 Å². The topological polar surface area (TPSA) is 52.6 Å². The van der Waals surface area contributed by atoms with Crippen molar-refractivity contribution >= 4 is 11.8 Å². The zero-order chi connectivity index (χ0) is 16.3. The van der Waals surface area contributed by atoms with E-state index in [2.05, 4.69) is 0 Å². The fourth-order valence-corrected chi connectivity index (χ4v) is 2.45. The summed E-state index contributed by atoms with van der Waals surface area (Å²) in [6.45, 7) is 5.48. The number of fused-ring (bicyclic) bond motifs is 1. The second kappa shape index (κ2) is 6.34. The second-order valence-corrected chi connectivity index (χ2v) is 6.37. The van der Waals surface area contributed by atoms with Crippen molar-refractivity contribution < 1.29 is 19.1 Å². The van der Waals surface area contributed by atoms with Gasteiger partial charge in [0.15, 0.2) is 5.78 Å². The van der Waals surface area contributed by atoms with E-state index in [4.69, 9.17) is 9.47 Å². The average molecular weight is 302 g/mol. The van der Waals surface area contributed by atoms with Crippen LogP contribution < -0.4 is 4.74 Å². The lowest BCUT2D eigenvalue weighted by atomic mass is 9.86. The van der Waals surface area contributed by atoms with Crippen LogP contribution in [0.15, 0.2) is 29.8 Å². The van der Waals surface area contributed by atoms with Crippen molar-refractivity contribution in [2.45, 2.75) is 45.6 Å². The van der Waals surface area contributed by atoms with E-state index in [-0.39, 0.29) is 18.2 Å². The number of methoxy groups -OCH3 is 1. The fourth-order valence-electron chi connectivity index (χ4n) is 2.45. The molecule has 0 fully saturated rings. The zero-order valence-electron chi connectivity index (χ0n) is 13.6. The molecule has 0 aromatic heterocycles. The van der Waals surface area contributed by atoms with Crippen LogP contribution in [0.4, 0.5) is 0 Å². The second-order valence-electron chi connectivity index (χ2n) is 6.37. The number of hydrogen-bond acceptors (Lipinski definition) is 4. The maximum atomic E-state index is 12.5. The lowest BCUT2D eigenvalue weighted by Gasteiger charge is -2.20. The van der Waals surface area contributed by atoms with Gasteiger partial charge in [-0.25, -0.2) is 0 Å². The molecule has 0 unspecified atom stereocenters. The van der Waals surface area contributed by atoms with Crippen LogP contribution in [0.3, 0.4) is 0 Å². The number of carbonyl (C=O) groups is 2. The molecular weight excluding hydrogens is 280 g/mol. The monoisotopic (exact) mass is 302 g/mol. The Balaban J connectivity index is 2.12. The number of hydrogen-bond donors (Lipinski definition) is 0. The molecule has 22 heavy (non-hydrogen) atoms. The molecule has 0 saturated carbocycles. The summed E-state index contributed by atoms with van der Waals surface area (Å²) in [4.78, 5) is 24.3.